The van der Waals surface area contributed by atoms with Gasteiger partial charge in [-0.15, -0.1) is 0 Å². The van der Waals surface area contributed by atoms with Crippen LogP contribution in [0.5, 0.6) is 5.75 Å². The number of hydrogen-bond acceptors (Lipinski definition) is 3. The van der Waals surface area contributed by atoms with Crippen molar-refractivity contribution in [1.29, 1.82) is 0 Å². The Kier molecular flexibility index (Phi) is 4.52. The molecule has 1 N–H and O–H groups in total. The molecule has 2 rings (SSSR count). The first-order valence-electron chi connectivity index (χ1n) is 6.65. The zero-order chi connectivity index (χ0) is 16.3. The summed E-state index contributed by atoms with van der Waals surface area (Å²) in [6.45, 7) is 3.05. The maximum Gasteiger partial charge on any atom is 0.281 e. The molecule has 1 amide bonds. The van der Waals surface area contributed by atoms with Crippen molar-refractivity contribution < 1.29 is 14.3 Å². The third kappa shape index (κ3) is 3.65. The Morgan fingerprint density at radius 3 is 1.86 bits per heavy atom. The normalized spacial score (nSPS) is 11.0. The van der Waals surface area contributed by atoms with E-state index in [4.69, 9.17) is 22.1 Å². The lowest BCUT2D eigenvalue weighted by Gasteiger charge is -2.22. The largest absolute Gasteiger partial charge is 0.478 e. The minimum absolute atomic E-state index is 0.126. The van der Waals surface area contributed by atoms with Crippen LogP contribution >= 0.6 is 11.6 Å². The molecule has 0 spiro atoms. The Hall–Kier alpha value is -2.33. The summed E-state index contributed by atoms with van der Waals surface area (Å²) >= 11 is 5.80. The zero-order valence-electron chi connectivity index (χ0n) is 12.2. The molecule has 22 heavy (non-hydrogen) atoms. The van der Waals surface area contributed by atoms with Crippen molar-refractivity contribution in [1.82, 2.24) is 5.73 Å². The Labute approximate surface area is 133 Å². The van der Waals surface area contributed by atoms with E-state index in [2.05, 4.69) is 0 Å². The van der Waals surface area contributed by atoms with E-state index < -0.39 is 11.5 Å². The molecule has 0 unspecified atom stereocenters. The summed E-state index contributed by atoms with van der Waals surface area (Å²) in [5.41, 5.74) is 6.97. The number of ether oxygens (including phenoxy) is 1. The van der Waals surface area contributed by atoms with E-state index in [0.717, 1.165) is 0 Å². The lowest BCUT2D eigenvalue weighted by Crippen LogP contribution is -2.38. The highest BCUT2D eigenvalue weighted by molar-refractivity contribution is 6.30. The maximum atomic E-state index is 12.3. The molecular formula is C17H15ClNO3. The minimum atomic E-state index is -1.22. The van der Waals surface area contributed by atoms with Crippen molar-refractivity contribution in [3.63, 3.8) is 0 Å². The van der Waals surface area contributed by atoms with Crippen LogP contribution in [0.15, 0.2) is 48.5 Å². The van der Waals surface area contributed by atoms with E-state index >= 15 is 0 Å². The Bertz CT molecular complexity index is 691. The average molecular weight is 317 g/mol. The second-order valence-corrected chi connectivity index (χ2v) is 5.74. The summed E-state index contributed by atoms with van der Waals surface area (Å²) in [5, 5.41) is 0.572. The first kappa shape index (κ1) is 16.0. The molecule has 0 aliphatic heterocycles. The summed E-state index contributed by atoms with van der Waals surface area (Å²) in [5.74, 6) is -0.508. The van der Waals surface area contributed by atoms with Gasteiger partial charge in [-0.25, -0.2) is 0 Å². The van der Waals surface area contributed by atoms with Crippen molar-refractivity contribution in [3.8, 4) is 5.75 Å². The summed E-state index contributed by atoms with van der Waals surface area (Å²) in [6, 6.07) is 13.1. The van der Waals surface area contributed by atoms with Crippen molar-refractivity contribution in [2.24, 2.45) is 0 Å². The third-order valence-electron chi connectivity index (χ3n) is 3.14. The van der Waals surface area contributed by atoms with Gasteiger partial charge in [-0.1, -0.05) is 11.6 Å². The van der Waals surface area contributed by atoms with Crippen molar-refractivity contribution >= 4 is 23.3 Å². The zero-order valence-corrected chi connectivity index (χ0v) is 13.0. The lowest BCUT2D eigenvalue weighted by molar-refractivity contribution is -0.131. The number of hydrogen-bond donors (Lipinski definition) is 0. The molecule has 113 valence electrons. The molecule has 0 atom stereocenters. The molecular weight excluding hydrogens is 302 g/mol. The van der Waals surface area contributed by atoms with Gasteiger partial charge in [0, 0.05) is 16.1 Å². The minimum Gasteiger partial charge on any atom is -0.478 e. The molecule has 1 radical (unpaired) electrons. The van der Waals surface area contributed by atoms with Crippen LogP contribution in [0.25, 0.3) is 0 Å². The van der Waals surface area contributed by atoms with E-state index in [9.17, 15) is 9.59 Å². The van der Waals surface area contributed by atoms with Gasteiger partial charge in [0.1, 0.15) is 5.75 Å². The lowest BCUT2D eigenvalue weighted by atomic mass is 10.0. The molecule has 4 nitrogen and oxygen atoms in total. The van der Waals surface area contributed by atoms with Crippen LogP contribution in [-0.4, -0.2) is 17.3 Å². The molecule has 0 saturated carbocycles. The van der Waals surface area contributed by atoms with E-state index in [1.54, 1.807) is 48.5 Å². The standard InChI is InChI=1S/C17H15ClNO3/c1-17(2,16(19)21)22-14-9-5-12(6-10-14)15(20)11-3-7-13(18)8-4-11/h3-10,19H,1-2H3. The van der Waals surface area contributed by atoms with Crippen LogP contribution in [0.3, 0.4) is 0 Å². The van der Waals surface area contributed by atoms with Gasteiger partial charge >= 0.3 is 0 Å². The van der Waals surface area contributed by atoms with E-state index in [1.165, 1.54) is 13.8 Å². The highest BCUT2D eigenvalue weighted by Gasteiger charge is 2.27. The van der Waals surface area contributed by atoms with Gasteiger partial charge in [-0.05, 0) is 62.4 Å². The molecule has 0 aromatic heterocycles. The summed E-state index contributed by atoms with van der Waals surface area (Å²) in [4.78, 5) is 23.4. The Balaban J connectivity index is 2.16. The van der Waals surface area contributed by atoms with E-state index in [0.29, 0.717) is 21.9 Å². The van der Waals surface area contributed by atoms with Crippen molar-refractivity contribution in [2.45, 2.75) is 19.4 Å². The number of amides is 1. The predicted molar refractivity (Wildman–Crippen MR) is 84.1 cm³/mol. The Morgan fingerprint density at radius 1 is 0.955 bits per heavy atom. The number of carbonyl (C=O) groups is 2. The highest BCUT2D eigenvalue weighted by Crippen LogP contribution is 2.21. The average Bonchev–Trinajstić information content (AvgIpc) is 2.47. The van der Waals surface area contributed by atoms with Crippen LogP contribution in [-0.2, 0) is 4.79 Å². The molecule has 0 bridgehead atoms. The molecule has 0 aliphatic rings. The summed E-state index contributed by atoms with van der Waals surface area (Å²) in [6.07, 6.45) is 0. The molecule has 5 heteroatoms. The van der Waals surface area contributed by atoms with E-state index in [-0.39, 0.29) is 5.78 Å². The monoisotopic (exact) mass is 316 g/mol. The first-order chi connectivity index (χ1) is 10.3. The number of ketones is 1. The number of halogens is 1. The summed E-state index contributed by atoms with van der Waals surface area (Å²) < 4.78 is 5.45. The Morgan fingerprint density at radius 2 is 1.41 bits per heavy atom. The van der Waals surface area contributed by atoms with Gasteiger partial charge in [-0.2, -0.15) is 0 Å². The van der Waals surface area contributed by atoms with Crippen LogP contribution in [0, 0.1) is 0 Å². The third-order valence-corrected chi connectivity index (χ3v) is 3.39. The molecule has 2 aromatic rings. The maximum absolute atomic E-state index is 12.3. The molecule has 2 aromatic carbocycles. The molecule has 0 fully saturated rings. The number of carbonyl (C=O) groups excluding carboxylic acids is 2. The van der Waals surface area contributed by atoms with Gasteiger partial charge in [0.05, 0.1) is 0 Å². The number of nitrogens with one attached hydrogen (secondary N) is 1. The molecule has 0 heterocycles. The van der Waals surface area contributed by atoms with Gasteiger partial charge in [0.25, 0.3) is 5.91 Å². The fraction of sp³-hybridized carbons (Fsp3) is 0.176. The highest BCUT2D eigenvalue weighted by atomic mass is 35.5. The van der Waals surface area contributed by atoms with E-state index in [1.807, 2.05) is 0 Å². The van der Waals surface area contributed by atoms with Crippen LogP contribution in [0.4, 0.5) is 0 Å². The molecule has 0 saturated heterocycles. The molecule has 0 aliphatic carbocycles. The first-order valence-corrected chi connectivity index (χ1v) is 7.03. The smallest absolute Gasteiger partial charge is 0.281 e. The van der Waals surface area contributed by atoms with Gasteiger partial charge in [0.15, 0.2) is 11.4 Å². The van der Waals surface area contributed by atoms with Gasteiger partial charge < -0.3 is 4.74 Å². The van der Waals surface area contributed by atoms with Crippen molar-refractivity contribution in [2.75, 3.05) is 0 Å². The van der Waals surface area contributed by atoms with Gasteiger partial charge in [0.2, 0.25) is 0 Å². The predicted octanol–water partition coefficient (Wildman–Crippen LogP) is 3.54. The number of benzene rings is 2. The quantitative estimate of drug-likeness (QED) is 0.792. The second-order valence-electron chi connectivity index (χ2n) is 5.30. The SMILES string of the molecule is CC(C)(Oc1ccc(C(=O)c2ccc(Cl)cc2)cc1)C([NH])=O. The van der Waals surface area contributed by atoms with Gasteiger partial charge in [-0.3, -0.25) is 15.3 Å². The fourth-order valence-corrected chi connectivity index (χ4v) is 1.91. The van der Waals surface area contributed by atoms with Crippen LogP contribution in [0.2, 0.25) is 5.02 Å². The number of rotatable bonds is 5. The fourth-order valence-electron chi connectivity index (χ4n) is 1.78. The van der Waals surface area contributed by atoms with Crippen molar-refractivity contribution in [3.05, 3.63) is 64.7 Å². The second kappa shape index (κ2) is 6.20. The topological polar surface area (TPSA) is 67.2 Å². The summed E-state index contributed by atoms with van der Waals surface area (Å²) in [7, 11) is 0. The van der Waals surface area contributed by atoms with Crippen LogP contribution < -0.4 is 10.5 Å². The van der Waals surface area contributed by atoms with Crippen LogP contribution in [0.1, 0.15) is 29.8 Å².